The average Bonchev–Trinajstić information content (AvgIpc) is 2.56. The number of carbonyl (C=O) groups is 1. The van der Waals surface area contributed by atoms with Gasteiger partial charge in [0.2, 0.25) is 0 Å². The van der Waals surface area contributed by atoms with Crippen LogP contribution in [0.4, 0.5) is 0 Å². The van der Waals surface area contributed by atoms with Crippen molar-refractivity contribution < 1.29 is 9.53 Å². The number of aromatic nitrogens is 1. The van der Waals surface area contributed by atoms with E-state index < -0.39 is 0 Å². The molecule has 0 atom stereocenters. The van der Waals surface area contributed by atoms with Crippen LogP contribution in [-0.4, -0.2) is 17.6 Å². The maximum Gasteiger partial charge on any atom is 0.338 e. The van der Waals surface area contributed by atoms with Crippen LogP contribution in [-0.2, 0) is 11.2 Å². The molecule has 0 unspecified atom stereocenters. The van der Waals surface area contributed by atoms with E-state index in [0.717, 1.165) is 16.5 Å². The third kappa shape index (κ3) is 3.26. The Morgan fingerprint density at radius 1 is 1.05 bits per heavy atom. The van der Waals surface area contributed by atoms with Crippen molar-refractivity contribution in [3.8, 4) is 0 Å². The summed E-state index contributed by atoms with van der Waals surface area (Å²) in [5.41, 5.74) is 2.41. The highest BCUT2D eigenvalue weighted by Gasteiger charge is 2.11. The molecule has 3 nitrogen and oxygen atoms in total. The van der Waals surface area contributed by atoms with Crippen molar-refractivity contribution in [1.29, 1.82) is 0 Å². The predicted molar refractivity (Wildman–Crippen MR) is 87.2 cm³/mol. The minimum absolute atomic E-state index is 0.326. The molecule has 0 amide bonds. The summed E-state index contributed by atoms with van der Waals surface area (Å²) < 4.78 is 5.37. The molecule has 110 valence electrons. The highest BCUT2D eigenvalue weighted by molar-refractivity contribution is 6.30. The summed E-state index contributed by atoms with van der Waals surface area (Å²) in [6.45, 7) is 0.330. The molecule has 0 aliphatic heterocycles. The number of para-hydroxylation sites is 1. The van der Waals surface area contributed by atoms with E-state index in [9.17, 15) is 4.79 Å². The fourth-order valence-electron chi connectivity index (χ4n) is 2.26. The van der Waals surface area contributed by atoms with Crippen molar-refractivity contribution in [2.45, 2.75) is 6.42 Å². The molecule has 0 N–H and O–H groups in total. The standard InChI is InChI=1S/C18H14ClNO2/c19-14-7-5-13(6-8-14)10-12-22-18(21)16-9-11-20-17-4-2-1-3-15(16)17/h1-9,11H,10,12H2. The Morgan fingerprint density at radius 2 is 1.82 bits per heavy atom. The van der Waals surface area contributed by atoms with Crippen molar-refractivity contribution in [2.24, 2.45) is 0 Å². The van der Waals surface area contributed by atoms with Gasteiger partial charge in [-0.05, 0) is 29.8 Å². The lowest BCUT2D eigenvalue weighted by atomic mass is 10.1. The first kappa shape index (κ1) is 14.5. The van der Waals surface area contributed by atoms with E-state index in [-0.39, 0.29) is 5.97 Å². The Kier molecular flexibility index (Phi) is 4.35. The summed E-state index contributed by atoms with van der Waals surface area (Å²) in [7, 11) is 0. The molecular formula is C18H14ClNO2. The van der Waals surface area contributed by atoms with Gasteiger partial charge in [-0.3, -0.25) is 4.98 Å². The summed E-state index contributed by atoms with van der Waals surface area (Å²) in [4.78, 5) is 16.5. The SMILES string of the molecule is O=C(OCCc1ccc(Cl)cc1)c1ccnc2ccccc12. The number of benzene rings is 2. The Labute approximate surface area is 133 Å². The van der Waals surface area contributed by atoms with E-state index in [1.54, 1.807) is 12.3 Å². The number of nitrogens with zero attached hydrogens (tertiary/aromatic N) is 1. The van der Waals surface area contributed by atoms with Gasteiger partial charge < -0.3 is 4.74 Å². The molecule has 4 heteroatoms. The van der Waals surface area contributed by atoms with E-state index in [2.05, 4.69) is 4.98 Å². The lowest BCUT2D eigenvalue weighted by Crippen LogP contribution is -2.09. The largest absolute Gasteiger partial charge is 0.462 e. The number of pyridine rings is 1. The Balaban J connectivity index is 1.67. The summed E-state index contributed by atoms with van der Waals surface area (Å²) in [6.07, 6.45) is 2.28. The van der Waals surface area contributed by atoms with Gasteiger partial charge in [0.05, 0.1) is 17.7 Å². The number of fused-ring (bicyclic) bond motifs is 1. The zero-order valence-electron chi connectivity index (χ0n) is 11.8. The maximum absolute atomic E-state index is 12.2. The van der Waals surface area contributed by atoms with Crippen molar-refractivity contribution in [1.82, 2.24) is 4.98 Å². The van der Waals surface area contributed by atoms with Crippen molar-refractivity contribution in [2.75, 3.05) is 6.61 Å². The molecule has 2 aromatic carbocycles. The highest BCUT2D eigenvalue weighted by Crippen LogP contribution is 2.17. The highest BCUT2D eigenvalue weighted by atomic mass is 35.5. The zero-order valence-corrected chi connectivity index (χ0v) is 12.6. The molecule has 0 fully saturated rings. The topological polar surface area (TPSA) is 39.2 Å². The van der Waals surface area contributed by atoms with Crippen LogP contribution in [0.25, 0.3) is 10.9 Å². The number of halogens is 1. The molecule has 0 bridgehead atoms. The average molecular weight is 312 g/mol. The van der Waals surface area contributed by atoms with Gasteiger partial charge >= 0.3 is 5.97 Å². The molecule has 3 rings (SSSR count). The summed E-state index contributed by atoms with van der Waals surface area (Å²) >= 11 is 5.84. The number of hydrogen-bond donors (Lipinski definition) is 0. The Hall–Kier alpha value is -2.39. The first-order chi connectivity index (χ1) is 10.7. The van der Waals surface area contributed by atoms with Crippen LogP contribution in [0.15, 0.2) is 60.8 Å². The number of rotatable bonds is 4. The minimum atomic E-state index is -0.326. The number of hydrogen-bond acceptors (Lipinski definition) is 3. The van der Waals surface area contributed by atoms with Crippen molar-refractivity contribution >= 4 is 28.5 Å². The summed E-state index contributed by atoms with van der Waals surface area (Å²) in [5, 5.41) is 1.51. The first-order valence-corrected chi connectivity index (χ1v) is 7.37. The molecule has 0 spiro atoms. The van der Waals surface area contributed by atoms with Crippen LogP contribution in [0, 0.1) is 0 Å². The van der Waals surface area contributed by atoms with E-state index in [0.29, 0.717) is 23.6 Å². The molecule has 22 heavy (non-hydrogen) atoms. The fraction of sp³-hybridized carbons (Fsp3) is 0.111. The van der Waals surface area contributed by atoms with E-state index in [4.69, 9.17) is 16.3 Å². The second-order valence-electron chi connectivity index (χ2n) is 4.89. The number of ether oxygens (including phenoxy) is 1. The smallest absolute Gasteiger partial charge is 0.338 e. The van der Waals surface area contributed by atoms with Gasteiger partial charge in [-0.15, -0.1) is 0 Å². The van der Waals surface area contributed by atoms with Crippen molar-refractivity contribution in [3.63, 3.8) is 0 Å². The van der Waals surface area contributed by atoms with Crippen LogP contribution in [0.3, 0.4) is 0 Å². The van der Waals surface area contributed by atoms with E-state index >= 15 is 0 Å². The van der Waals surface area contributed by atoms with E-state index in [1.807, 2.05) is 48.5 Å². The second kappa shape index (κ2) is 6.58. The number of esters is 1. The molecule has 1 heterocycles. The van der Waals surface area contributed by atoms with Crippen LogP contribution in [0.1, 0.15) is 15.9 Å². The van der Waals surface area contributed by atoms with E-state index in [1.165, 1.54) is 0 Å². The van der Waals surface area contributed by atoms with Crippen molar-refractivity contribution in [3.05, 3.63) is 76.9 Å². The lowest BCUT2D eigenvalue weighted by molar-refractivity contribution is 0.0511. The molecule has 0 saturated carbocycles. The third-order valence-electron chi connectivity index (χ3n) is 3.41. The maximum atomic E-state index is 12.2. The monoisotopic (exact) mass is 311 g/mol. The number of carbonyl (C=O) groups excluding carboxylic acids is 1. The minimum Gasteiger partial charge on any atom is -0.462 e. The van der Waals surface area contributed by atoms with Crippen LogP contribution in [0.2, 0.25) is 5.02 Å². The van der Waals surface area contributed by atoms with Gasteiger partial charge in [0.1, 0.15) is 0 Å². The summed E-state index contributed by atoms with van der Waals surface area (Å²) in [6, 6.07) is 16.7. The lowest BCUT2D eigenvalue weighted by Gasteiger charge is -2.07. The molecule has 0 radical (unpaired) electrons. The van der Waals surface area contributed by atoms with Gasteiger partial charge in [-0.25, -0.2) is 4.79 Å². The second-order valence-corrected chi connectivity index (χ2v) is 5.32. The van der Waals surface area contributed by atoms with Crippen LogP contribution < -0.4 is 0 Å². The third-order valence-corrected chi connectivity index (χ3v) is 3.66. The Bertz CT molecular complexity index is 794. The zero-order chi connectivity index (χ0) is 15.4. The molecule has 0 aliphatic carbocycles. The van der Waals surface area contributed by atoms with Gasteiger partial charge in [-0.1, -0.05) is 41.9 Å². The first-order valence-electron chi connectivity index (χ1n) is 6.99. The van der Waals surface area contributed by atoms with Gasteiger partial charge in [0.25, 0.3) is 0 Å². The summed E-state index contributed by atoms with van der Waals surface area (Å²) in [5.74, 6) is -0.326. The van der Waals surface area contributed by atoms with Gasteiger partial charge in [0.15, 0.2) is 0 Å². The van der Waals surface area contributed by atoms with Gasteiger partial charge in [-0.2, -0.15) is 0 Å². The van der Waals surface area contributed by atoms with Crippen LogP contribution >= 0.6 is 11.6 Å². The van der Waals surface area contributed by atoms with Gasteiger partial charge in [0, 0.05) is 23.0 Å². The Morgan fingerprint density at radius 3 is 2.64 bits per heavy atom. The fourth-order valence-corrected chi connectivity index (χ4v) is 2.39. The molecule has 3 aromatic rings. The predicted octanol–water partition coefficient (Wildman–Crippen LogP) is 4.29. The normalized spacial score (nSPS) is 10.6. The molecular weight excluding hydrogens is 298 g/mol. The molecule has 0 saturated heterocycles. The molecule has 0 aliphatic rings. The quantitative estimate of drug-likeness (QED) is 0.675. The molecule has 1 aromatic heterocycles. The van der Waals surface area contributed by atoms with Crippen LogP contribution in [0.5, 0.6) is 0 Å².